The zero-order valence-corrected chi connectivity index (χ0v) is 16.0. The summed E-state index contributed by atoms with van der Waals surface area (Å²) in [6.07, 6.45) is 0. The second-order valence-corrected chi connectivity index (χ2v) is 6.60. The Hall–Kier alpha value is -3.15. The van der Waals surface area contributed by atoms with Gasteiger partial charge in [0.15, 0.2) is 0 Å². The number of amides is 1. The molecular formula is C21H24N4O2. The molecular weight excluding hydrogens is 340 g/mol. The molecule has 0 aliphatic carbocycles. The molecule has 0 fully saturated rings. The van der Waals surface area contributed by atoms with Crippen LogP contribution in [0.3, 0.4) is 0 Å². The highest BCUT2D eigenvalue weighted by Crippen LogP contribution is 2.22. The first-order chi connectivity index (χ1) is 12.9. The lowest BCUT2D eigenvalue weighted by Gasteiger charge is -2.15. The van der Waals surface area contributed by atoms with Gasteiger partial charge in [-0.2, -0.15) is 5.10 Å². The average Bonchev–Trinajstić information content (AvgIpc) is 2.95. The summed E-state index contributed by atoms with van der Waals surface area (Å²) >= 11 is 0. The molecule has 1 atom stereocenters. The number of aromatic nitrogens is 3. The highest BCUT2D eigenvalue weighted by atomic mass is 16.1. The Morgan fingerprint density at radius 3 is 2.48 bits per heavy atom. The smallest absolute Gasteiger partial charge is 0.251 e. The fourth-order valence-electron chi connectivity index (χ4n) is 3.41. The number of hydrogen-bond donors (Lipinski definition) is 2. The van der Waals surface area contributed by atoms with Crippen LogP contribution in [-0.4, -0.2) is 20.7 Å². The Balaban J connectivity index is 1.76. The van der Waals surface area contributed by atoms with Crippen LogP contribution in [0.15, 0.2) is 47.3 Å². The number of carbonyl (C=O) groups excluding carboxylic acids is 1. The Labute approximate surface area is 158 Å². The minimum Gasteiger partial charge on any atom is -0.345 e. The van der Waals surface area contributed by atoms with Gasteiger partial charge < -0.3 is 10.3 Å². The van der Waals surface area contributed by atoms with Crippen molar-refractivity contribution < 1.29 is 4.79 Å². The van der Waals surface area contributed by atoms with Gasteiger partial charge in [0.25, 0.3) is 5.91 Å². The Bertz CT molecular complexity index is 1020. The first kappa shape index (κ1) is 18.6. The molecule has 0 aliphatic heterocycles. The van der Waals surface area contributed by atoms with Crippen molar-refractivity contribution in [2.75, 3.05) is 0 Å². The zero-order chi connectivity index (χ0) is 19.6. The molecule has 6 nitrogen and oxygen atoms in total. The number of rotatable bonds is 5. The van der Waals surface area contributed by atoms with Gasteiger partial charge in [0.1, 0.15) is 0 Å². The summed E-state index contributed by atoms with van der Waals surface area (Å²) in [7, 11) is 0. The number of H-pyrrole nitrogens is 1. The van der Waals surface area contributed by atoms with Crippen molar-refractivity contribution in [3.05, 3.63) is 75.3 Å². The summed E-state index contributed by atoms with van der Waals surface area (Å²) in [5.74, 6) is -0.140. The van der Waals surface area contributed by atoms with Crippen LogP contribution in [0.2, 0.25) is 0 Å². The number of benzene rings is 1. The minimum atomic E-state index is -0.151. The lowest BCUT2D eigenvalue weighted by atomic mass is 10.0. The Morgan fingerprint density at radius 2 is 1.89 bits per heavy atom. The number of nitrogens with one attached hydrogen (secondary N) is 2. The fourth-order valence-corrected chi connectivity index (χ4v) is 3.41. The number of hydrogen-bond acceptors (Lipinski definition) is 3. The second kappa shape index (κ2) is 7.61. The molecule has 3 rings (SSSR count). The number of aryl methyl sites for hydroxylation is 2. The van der Waals surface area contributed by atoms with Crippen LogP contribution in [0.1, 0.15) is 47.2 Å². The lowest BCUT2D eigenvalue weighted by Crippen LogP contribution is -2.27. The third kappa shape index (κ3) is 3.84. The largest absolute Gasteiger partial charge is 0.345 e. The predicted molar refractivity (Wildman–Crippen MR) is 106 cm³/mol. The van der Waals surface area contributed by atoms with Crippen molar-refractivity contribution in [3.8, 4) is 11.3 Å². The van der Waals surface area contributed by atoms with E-state index in [0.717, 1.165) is 34.8 Å². The topological polar surface area (TPSA) is 79.8 Å². The van der Waals surface area contributed by atoms with Crippen LogP contribution in [0.5, 0.6) is 0 Å². The van der Waals surface area contributed by atoms with Crippen molar-refractivity contribution in [2.24, 2.45) is 0 Å². The van der Waals surface area contributed by atoms with Gasteiger partial charge in [-0.3, -0.25) is 14.3 Å². The molecule has 0 bridgehead atoms. The zero-order valence-electron chi connectivity index (χ0n) is 16.0. The first-order valence-electron chi connectivity index (χ1n) is 9.05. The van der Waals surface area contributed by atoms with Crippen LogP contribution in [0.25, 0.3) is 11.3 Å². The second-order valence-electron chi connectivity index (χ2n) is 6.60. The molecule has 0 radical (unpaired) electrons. The maximum Gasteiger partial charge on any atom is 0.251 e. The van der Waals surface area contributed by atoms with E-state index in [1.807, 2.05) is 50.6 Å². The minimum absolute atomic E-state index is 0.136. The molecule has 2 heterocycles. The SMILES string of the molecule is CCn1nc(C)c([C@@H](C)NC(=O)c2ccc(-c3cccc(=O)[nH]3)cc2)c1C. The highest BCUT2D eigenvalue weighted by molar-refractivity contribution is 5.94. The van der Waals surface area contributed by atoms with E-state index in [1.54, 1.807) is 18.2 Å². The molecule has 0 unspecified atom stereocenters. The van der Waals surface area contributed by atoms with Crippen LogP contribution in [-0.2, 0) is 6.54 Å². The van der Waals surface area contributed by atoms with Crippen molar-refractivity contribution >= 4 is 5.91 Å². The summed E-state index contributed by atoms with van der Waals surface area (Å²) in [5, 5.41) is 7.57. The van der Waals surface area contributed by atoms with Crippen LogP contribution >= 0.6 is 0 Å². The maximum atomic E-state index is 12.6. The van der Waals surface area contributed by atoms with Crippen molar-refractivity contribution in [3.63, 3.8) is 0 Å². The molecule has 3 aromatic rings. The fraction of sp³-hybridized carbons (Fsp3) is 0.286. The van der Waals surface area contributed by atoms with Crippen LogP contribution in [0.4, 0.5) is 0 Å². The molecule has 2 N–H and O–H groups in total. The number of nitrogens with zero attached hydrogens (tertiary/aromatic N) is 2. The van der Waals surface area contributed by atoms with Gasteiger partial charge >= 0.3 is 0 Å². The monoisotopic (exact) mass is 364 g/mol. The average molecular weight is 364 g/mol. The molecule has 0 aliphatic rings. The van der Waals surface area contributed by atoms with Crippen LogP contribution in [0, 0.1) is 13.8 Å². The van der Waals surface area contributed by atoms with Crippen molar-refractivity contribution in [1.29, 1.82) is 0 Å². The third-order valence-electron chi connectivity index (χ3n) is 4.74. The molecule has 0 saturated carbocycles. The van der Waals surface area contributed by atoms with Gasteiger partial charge in [-0.1, -0.05) is 18.2 Å². The third-order valence-corrected chi connectivity index (χ3v) is 4.74. The van der Waals surface area contributed by atoms with Crippen LogP contribution < -0.4 is 10.9 Å². The van der Waals surface area contributed by atoms with E-state index in [-0.39, 0.29) is 17.5 Å². The van der Waals surface area contributed by atoms with Gasteiger partial charge in [0.2, 0.25) is 5.56 Å². The summed E-state index contributed by atoms with van der Waals surface area (Å²) in [6, 6.07) is 12.1. The molecule has 1 amide bonds. The summed E-state index contributed by atoms with van der Waals surface area (Å²) in [5.41, 5.74) is 5.07. The molecule has 0 saturated heterocycles. The molecule has 27 heavy (non-hydrogen) atoms. The Kier molecular flexibility index (Phi) is 5.26. The van der Waals surface area contributed by atoms with Gasteiger partial charge in [-0.15, -0.1) is 0 Å². The van der Waals surface area contributed by atoms with Crippen molar-refractivity contribution in [2.45, 2.75) is 40.3 Å². The number of aromatic amines is 1. The van der Waals surface area contributed by atoms with Gasteiger partial charge in [-0.25, -0.2) is 0 Å². The number of pyridine rings is 1. The molecule has 0 spiro atoms. The molecule has 1 aromatic carbocycles. The predicted octanol–water partition coefficient (Wildman–Crippen LogP) is 3.37. The van der Waals surface area contributed by atoms with E-state index >= 15 is 0 Å². The molecule has 6 heteroatoms. The lowest BCUT2D eigenvalue weighted by molar-refractivity contribution is 0.0940. The standard InChI is InChI=1S/C21H24N4O2/c1-5-25-15(4)20(14(3)24-25)13(2)22-21(27)17-11-9-16(10-12-17)18-7-6-8-19(26)23-18/h6-13H,5H2,1-4H3,(H,22,27)(H,23,26)/t13-/m1/s1. The van der Waals surface area contributed by atoms with E-state index in [2.05, 4.69) is 15.4 Å². The van der Waals surface area contributed by atoms with E-state index < -0.39 is 0 Å². The number of carbonyl (C=O) groups is 1. The molecule has 2 aromatic heterocycles. The highest BCUT2D eigenvalue weighted by Gasteiger charge is 2.19. The van der Waals surface area contributed by atoms with Gasteiger partial charge in [0.05, 0.1) is 11.7 Å². The first-order valence-corrected chi connectivity index (χ1v) is 9.05. The summed E-state index contributed by atoms with van der Waals surface area (Å²) in [4.78, 5) is 26.9. The van der Waals surface area contributed by atoms with Crippen molar-refractivity contribution in [1.82, 2.24) is 20.1 Å². The van der Waals surface area contributed by atoms with Gasteiger partial charge in [0, 0.05) is 35.1 Å². The normalized spacial score (nSPS) is 12.0. The summed E-state index contributed by atoms with van der Waals surface area (Å²) in [6.45, 7) is 8.81. The van der Waals surface area contributed by atoms with E-state index in [1.165, 1.54) is 6.07 Å². The van der Waals surface area contributed by atoms with E-state index in [9.17, 15) is 9.59 Å². The summed E-state index contributed by atoms with van der Waals surface area (Å²) < 4.78 is 1.95. The maximum absolute atomic E-state index is 12.6. The quantitative estimate of drug-likeness (QED) is 0.728. The van der Waals surface area contributed by atoms with E-state index in [4.69, 9.17) is 0 Å². The van der Waals surface area contributed by atoms with E-state index in [0.29, 0.717) is 5.56 Å². The molecule has 140 valence electrons. The Morgan fingerprint density at radius 1 is 1.19 bits per heavy atom. The van der Waals surface area contributed by atoms with Gasteiger partial charge in [-0.05, 0) is 51.5 Å².